The van der Waals surface area contributed by atoms with Gasteiger partial charge in [-0.2, -0.15) is 8.42 Å². The maximum atomic E-state index is 13.2. The van der Waals surface area contributed by atoms with Crippen LogP contribution >= 0.6 is 0 Å². The maximum Gasteiger partial charge on any atom is 0.338 e. The van der Waals surface area contributed by atoms with Gasteiger partial charge in [0.2, 0.25) is 0 Å². The number of rotatable bonds is 10. The fraction of sp³-hybridized carbons (Fsp3) is 0.520. The molecule has 2 N–H and O–H groups in total. The standard InChI is InChI=1S/C25H33N3O5S/c1-4-10-25(11-5-2)15-20(29)22(23(30)33-25)24(12-13-24)14-18-8-6-7-9-19(18)27-34(31,32)21-16-28(3)17-26-21/h6-9,16-17,27,29H,4-5,10-15H2,1-3H3. The number of nitrogens with zero attached hydrogens (tertiary/aromatic N) is 2. The number of aromatic nitrogens is 2. The molecule has 34 heavy (non-hydrogen) atoms. The van der Waals surface area contributed by atoms with Crippen LogP contribution in [0.15, 0.2) is 53.1 Å². The SMILES string of the molecule is CCCC1(CCC)CC(O)=C(C2(Cc3ccccc3NS(=O)(=O)c3cn(C)cn3)CC2)C(=O)O1. The van der Waals surface area contributed by atoms with E-state index < -0.39 is 27.0 Å². The molecule has 0 unspecified atom stereocenters. The van der Waals surface area contributed by atoms with Crippen LogP contribution < -0.4 is 4.72 Å². The van der Waals surface area contributed by atoms with Crippen LogP contribution in [0.25, 0.3) is 0 Å². The van der Waals surface area contributed by atoms with Crippen LogP contribution in [0, 0.1) is 5.41 Å². The molecule has 1 aliphatic heterocycles. The van der Waals surface area contributed by atoms with Crippen molar-refractivity contribution in [3.05, 3.63) is 53.7 Å². The smallest absolute Gasteiger partial charge is 0.338 e. The molecule has 2 aromatic rings. The van der Waals surface area contributed by atoms with E-state index in [1.807, 2.05) is 26.0 Å². The van der Waals surface area contributed by atoms with Crippen LogP contribution in [-0.4, -0.2) is 34.6 Å². The second-order valence-electron chi connectivity index (χ2n) is 9.67. The van der Waals surface area contributed by atoms with Gasteiger partial charge in [-0.05, 0) is 43.7 Å². The highest BCUT2D eigenvalue weighted by Gasteiger charge is 2.54. The molecule has 0 atom stereocenters. The van der Waals surface area contributed by atoms with E-state index in [4.69, 9.17) is 4.74 Å². The highest BCUT2D eigenvalue weighted by Crippen LogP contribution is 2.58. The van der Waals surface area contributed by atoms with Gasteiger partial charge < -0.3 is 14.4 Å². The van der Waals surface area contributed by atoms with Crippen molar-refractivity contribution in [3.63, 3.8) is 0 Å². The van der Waals surface area contributed by atoms with E-state index in [1.165, 1.54) is 12.5 Å². The van der Waals surface area contributed by atoms with Crippen molar-refractivity contribution in [3.8, 4) is 0 Å². The third-order valence-electron chi connectivity index (χ3n) is 6.83. The number of aliphatic hydroxyl groups is 1. The predicted molar refractivity (Wildman–Crippen MR) is 129 cm³/mol. The average Bonchev–Trinajstić information content (AvgIpc) is 3.37. The lowest BCUT2D eigenvalue weighted by Gasteiger charge is -2.38. The number of carbonyl (C=O) groups is 1. The number of ether oxygens (including phenoxy) is 1. The average molecular weight is 488 g/mol. The Kier molecular flexibility index (Phi) is 6.50. The summed E-state index contributed by atoms with van der Waals surface area (Å²) in [7, 11) is -2.16. The number of benzene rings is 1. The molecule has 1 aromatic carbocycles. The Morgan fingerprint density at radius 1 is 1.18 bits per heavy atom. The largest absolute Gasteiger partial charge is 0.512 e. The number of carbonyl (C=O) groups excluding carboxylic acids is 1. The van der Waals surface area contributed by atoms with Gasteiger partial charge in [0.25, 0.3) is 10.0 Å². The summed E-state index contributed by atoms with van der Waals surface area (Å²) in [6, 6.07) is 7.15. The lowest BCUT2D eigenvalue weighted by molar-refractivity contribution is -0.162. The van der Waals surface area contributed by atoms with Gasteiger partial charge in [-0.25, -0.2) is 9.78 Å². The Balaban J connectivity index is 1.61. The Labute approximate surface area is 201 Å². The number of anilines is 1. The van der Waals surface area contributed by atoms with Crippen molar-refractivity contribution in [2.24, 2.45) is 12.5 Å². The molecular weight excluding hydrogens is 454 g/mol. The second kappa shape index (κ2) is 9.09. The van der Waals surface area contributed by atoms with Crippen molar-refractivity contribution < 1.29 is 23.1 Å². The zero-order valence-corrected chi connectivity index (χ0v) is 20.8. The number of hydrogen-bond donors (Lipinski definition) is 2. The lowest BCUT2D eigenvalue weighted by Crippen LogP contribution is -2.42. The molecule has 184 valence electrons. The van der Waals surface area contributed by atoms with Crippen LogP contribution in [0.5, 0.6) is 0 Å². The Morgan fingerprint density at radius 3 is 2.41 bits per heavy atom. The van der Waals surface area contributed by atoms with Gasteiger partial charge in [0.15, 0.2) is 5.03 Å². The molecule has 0 spiro atoms. The number of cyclic esters (lactones) is 1. The summed E-state index contributed by atoms with van der Waals surface area (Å²) >= 11 is 0. The molecule has 2 aliphatic rings. The summed E-state index contributed by atoms with van der Waals surface area (Å²) in [4.78, 5) is 17.1. The summed E-state index contributed by atoms with van der Waals surface area (Å²) in [5.74, 6) is -0.308. The van der Waals surface area contributed by atoms with E-state index >= 15 is 0 Å². The molecule has 2 heterocycles. The molecule has 9 heteroatoms. The van der Waals surface area contributed by atoms with Gasteiger partial charge in [-0.1, -0.05) is 44.9 Å². The minimum absolute atomic E-state index is 0.0645. The lowest BCUT2D eigenvalue weighted by atomic mass is 9.80. The minimum Gasteiger partial charge on any atom is -0.512 e. The number of para-hydroxylation sites is 1. The summed E-state index contributed by atoms with van der Waals surface area (Å²) < 4.78 is 35.9. The third-order valence-corrected chi connectivity index (χ3v) is 8.08. The summed E-state index contributed by atoms with van der Waals surface area (Å²) in [5, 5.41) is 11.0. The van der Waals surface area contributed by atoms with Crippen LogP contribution in [0.1, 0.15) is 64.4 Å². The van der Waals surface area contributed by atoms with Crippen LogP contribution in [-0.2, 0) is 33.0 Å². The zero-order chi connectivity index (χ0) is 24.6. The summed E-state index contributed by atoms with van der Waals surface area (Å²) in [6.07, 6.45) is 8.27. The molecular formula is C25H33N3O5S. The van der Waals surface area contributed by atoms with E-state index in [9.17, 15) is 18.3 Å². The van der Waals surface area contributed by atoms with Gasteiger partial charge >= 0.3 is 5.97 Å². The normalized spacial score (nSPS) is 19.1. The molecule has 8 nitrogen and oxygen atoms in total. The number of sulfonamides is 1. The molecule has 0 radical (unpaired) electrons. The van der Waals surface area contributed by atoms with E-state index in [-0.39, 0.29) is 10.8 Å². The van der Waals surface area contributed by atoms with Gasteiger partial charge in [0.05, 0.1) is 17.6 Å². The van der Waals surface area contributed by atoms with E-state index in [2.05, 4.69) is 9.71 Å². The van der Waals surface area contributed by atoms with Crippen molar-refractivity contribution in [2.75, 3.05) is 4.72 Å². The van der Waals surface area contributed by atoms with E-state index in [1.54, 1.807) is 23.7 Å². The topological polar surface area (TPSA) is 111 Å². The maximum absolute atomic E-state index is 13.2. The molecule has 0 amide bonds. The zero-order valence-electron chi connectivity index (χ0n) is 20.0. The Hall–Kier alpha value is -2.81. The predicted octanol–water partition coefficient (Wildman–Crippen LogP) is 4.64. The first-order chi connectivity index (χ1) is 16.1. The van der Waals surface area contributed by atoms with E-state index in [0.29, 0.717) is 24.1 Å². The fourth-order valence-corrected chi connectivity index (χ4v) is 6.25. The van der Waals surface area contributed by atoms with Crippen LogP contribution in [0.2, 0.25) is 0 Å². The fourth-order valence-electron chi connectivity index (χ4n) is 5.16. The molecule has 4 rings (SSSR count). The second-order valence-corrected chi connectivity index (χ2v) is 11.3. The molecule has 0 saturated heterocycles. The molecule has 1 saturated carbocycles. The summed E-state index contributed by atoms with van der Waals surface area (Å²) in [5.41, 5.74) is 0.373. The Bertz CT molecular complexity index is 1200. The number of hydrogen-bond acceptors (Lipinski definition) is 6. The number of nitrogens with one attached hydrogen (secondary N) is 1. The van der Waals surface area contributed by atoms with Gasteiger partial charge in [0.1, 0.15) is 11.4 Å². The van der Waals surface area contributed by atoms with Crippen molar-refractivity contribution >= 4 is 21.7 Å². The number of esters is 1. The summed E-state index contributed by atoms with van der Waals surface area (Å²) in [6.45, 7) is 4.10. The first-order valence-electron chi connectivity index (χ1n) is 11.9. The van der Waals surface area contributed by atoms with Gasteiger partial charge in [-0.3, -0.25) is 4.72 Å². The molecule has 1 aromatic heterocycles. The first-order valence-corrected chi connectivity index (χ1v) is 13.4. The number of aliphatic hydroxyl groups excluding tert-OH is 1. The monoisotopic (exact) mass is 487 g/mol. The van der Waals surface area contributed by atoms with E-state index in [0.717, 1.165) is 44.1 Å². The van der Waals surface area contributed by atoms with Crippen LogP contribution in [0.4, 0.5) is 5.69 Å². The highest BCUT2D eigenvalue weighted by molar-refractivity contribution is 7.92. The van der Waals surface area contributed by atoms with Crippen molar-refractivity contribution in [2.45, 2.75) is 75.8 Å². The first kappa shape index (κ1) is 24.3. The van der Waals surface area contributed by atoms with Gasteiger partial charge in [-0.15, -0.1) is 0 Å². The van der Waals surface area contributed by atoms with Crippen molar-refractivity contribution in [1.29, 1.82) is 0 Å². The number of aryl methyl sites for hydroxylation is 1. The molecule has 1 fully saturated rings. The van der Waals surface area contributed by atoms with Crippen LogP contribution in [0.3, 0.4) is 0 Å². The quantitative estimate of drug-likeness (QED) is 0.472. The third kappa shape index (κ3) is 4.71. The minimum atomic E-state index is -3.86. The highest BCUT2D eigenvalue weighted by atomic mass is 32.2. The Morgan fingerprint density at radius 2 is 1.85 bits per heavy atom. The molecule has 1 aliphatic carbocycles. The van der Waals surface area contributed by atoms with Crippen molar-refractivity contribution in [1.82, 2.24) is 9.55 Å². The van der Waals surface area contributed by atoms with Gasteiger partial charge in [0, 0.05) is 25.1 Å². The molecule has 0 bridgehead atoms. The number of imidazole rings is 1.